The molecule has 0 atom stereocenters. The molecule has 0 saturated carbocycles. The molecule has 0 spiro atoms. The zero-order valence-electron chi connectivity index (χ0n) is 13.0. The van der Waals surface area contributed by atoms with Gasteiger partial charge in [-0.05, 0) is 61.2 Å². The number of anilines is 1. The molecule has 2 aromatic rings. The SMILES string of the molecule is CNCc1ccc(N2CCc3ccccc3CC2)cc1C. The van der Waals surface area contributed by atoms with Gasteiger partial charge in [0, 0.05) is 25.3 Å². The first-order chi connectivity index (χ1) is 10.3. The molecule has 0 radical (unpaired) electrons. The second-order valence-corrected chi connectivity index (χ2v) is 5.90. The Morgan fingerprint density at radius 3 is 2.24 bits per heavy atom. The highest BCUT2D eigenvalue weighted by Gasteiger charge is 2.14. The number of nitrogens with one attached hydrogen (secondary N) is 1. The Balaban J connectivity index is 1.78. The third kappa shape index (κ3) is 3.11. The van der Waals surface area contributed by atoms with Gasteiger partial charge in [0.1, 0.15) is 0 Å². The maximum Gasteiger partial charge on any atom is 0.0369 e. The number of nitrogens with zero attached hydrogens (tertiary/aromatic N) is 1. The molecule has 0 unspecified atom stereocenters. The van der Waals surface area contributed by atoms with Crippen LogP contribution in [-0.2, 0) is 19.4 Å². The normalized spacial score (nSPS) is 14.7. The predicted octanol–water partition coefficient (Wildman–Crippen LogP) is 3.32. The van der Waals surface area contributed by atoms with E-state index in [1.54, 1.807) is 0 Å². The van der Waals surface area contributed by atoms with Crippen LogP contribution in [0, 0.1) is 6.92 Å². The molecule has 1 aliphatic heterocycles. The summed E-state index contributed by atoms with van der Waals surface area (Å²) in [6.45, 7) is 5.38. The molecule has 0 saturated heterocycles. The highest BCUT2D eigenvalue weighted by Crippen LogP contribution is 2.23. The maximum absolute atomic E-state index is 3.23. The van der Waals surface area contributed by atoms with Crippen molar-refractivity contribution in [2.45, 2.75) is 26.3 Å². The van der Waals surface area contributed by atoms with Crippen LogP contribution in [0.25, 0.3) is 0 Å². The molecule has 0 aliphatic carbocycles. The lowest BCUT2D eigenvalue weighted by Gasteiger charge is -2.23. The van der Waals surface area contributed by atoms with Crippen LogP contribution >= 0.6 is 0 Å². The summed E-state index contributed by atoms with van der Waals surface area (Å²) in [5, 5.41) is 3.23. The van der Waals surface area contributed by atoms with Crippen molar-refractivity contribution in [3.63, 3.8) is 0 Å². The molecule has 0 aromatic heterocycles. The average molecular weight is 280 g/mol. The van der Waals surface area contributed by atoms with Gasteiger partial charge >= 0.3 is 0 Å². The van der Waals surface area contributed by atoms with Gasteiger partial charge in [-0.2, -0.15) is 0 Å². The number of aryl methyl sites for hydroxylation is 1. The lowest BCUT2D eigenvalue weighted by atomic mass is 10.0. The molecule has 0 bridgehead atoms. The Labute approximate surface area is 127 Å². The fourth-order valence-electron chi connectivity index (χ4n) is 3.19. The predicted molar refractivity (Wildman–Crippen MR) is 90.0 cm³/mol. The summed E-state index contributed by atoms with van der Waals surface area (Å²) in [5.41, 5.74) is 7.16. The summed E-state index contributed by atoms with van der Waals surface area (Å²) in [5.74, 6) is 0. The number of rotatable bonds is 3. The van der Waals surface area contributed by atoms with Gasteiger partial charge in [-0.3, -0.25) is 0 Å². The summed E-state index contributed by atoms with van der Waals surface area (Å²) in [6.07, 6.45) is 2.29. The Morgan fingerprint density at radius 1 is 1.00 bits per heavy atom. The van der Waals surface area contributed by atoms with E-state index in [1.165, 1.54) is 27.9 Å². The lowest BCUT2D eigenvalue weighted by molar-refractivity contribution is 0.796. The van der Waals surface area contributed by atoms with Crippen LogP contribution < -0.4 is 10.2 Å². The Kier molecular flexibility index (Phi) is 4.26. The van der Waals surface area contributed by atoms with Gasteiger partial charge < -0.3 is 10.2 Å². The summed E-state index contributed by atoms with van der Waals surface area (Å²) in [7, 11) is 2.00. The third-order valence-corrected chi connectivity index (χ3v) is 4.48. The van der Waals surface area contributed by atoms with Crippen molar-refractivity contribution in [1.29, 1.82) is 0 Å². The molecule has 110 valence electrons. The Hall–Kier alpha value is -1.80. The van der Waals surface area contributed by atoms with E-state index in [4.69, 9.17) is 0 Å². The molecule has 2 heteroatoms. The van der Waals surface area contributed by atoms with Gasteiger partial charge in [0.05, 0.1) is 0 Å². The van der Waals surface area contributed by atoms with Crippen molar-refractivity contribution >= 4 is 5.69 Å². The van der Waals surface area contributed by atoms with E-state index in [0.717, 1.165) is 32.5 Å². The van der Waals surface area contributed by atoms with Gasteiger partial charge in [-0.1, -0.05) is 30.3 Å². The van der Waals surface area contributed by atoms with Crippen molar-refractivity contribution in [3.8, 4) is 0 Å². The molecule has 1 heterocycles. The zero-order valence-corrected chi connectivity index (χ0v) is 13.0. The third-order valence-electron chi connectivity index (χ3n) is 4.48. The quantitative estimate of drug-likeness (QED) is 0.928. The summed E-state index contributed by atoms with van der Waals surface area (Å²) < 4.78 is 0. The first-order valence-electron chi connectivity index (χ1n) is 7.84. The van der Waals surface area contributed by atoms with Gasteiger partial charge in [0.25, 0.3) is 0 Å². The molecule has 2 aromatic carbocycles. The summed E-state index contributed by atoms with van der Waals surface area (Å²) in [4.78, 5) is 2.52. The molecule has 2 nitrogen and oxygen atoms in total. The minimum Gasteiger partial charge on any atom is -0.371 e. The topological polar surface area (TPSA) is 15.3 Å². The monoisotopic (exact) mass is 280 g/mol. The number of hydrogen-bond donors (Lipinski definition) is 1. The first kappa shape index (κ1) is 14.2. The molecule has 0 fully saturated rings. The van der Waals surface area contributed by atoms with Crippen molar-refractivity contribution in [3.05, 3.63) is 64.7 Å². The minimum atomic E-state index is 0.942. The minimum absolute atomic E-state index is 0.942. The van der Waals surface area contributed by atoms with Crippen LogP contribution in [-0.4, -0.2) is 20.1 Å². The van der Waals surface area contributed by atoms with Crippen molar-refractivity contribution in [2.75, 3.05) is 25.0 Å². The summed E-state index contributed by atoms with van der Waals surface area (Å²) >= 11 is 0. The smallest absolute Gasteiger partial charge is 0.0369 e. The maximum atomic E-state index is 3.23. The van der Waals surface area contributed by atoms with E-state index in [9.17, 15) is 0 Å². The van der Waals surface area contributed by atoms with Gasteiger partial charge in [0.2, 0.25) is 0 Å². The number of hydrogen-bond acceptors (Lipinski definition) is 2. The van der Waals surface area contributed by atoms with E-state index in [-0.39, 0.29) is 0 Å². The van der Waals surface area contributed by atoms with Crippen LogP contribution in [0.1, 0.15) is 22.3 Å². The highest BCUT2D eigenvalue weighted by atomic mass is 15.1. The molecular formula is C19H24N2. The van der Waals surface area contributed by atoms with E-state index in [1.807, 2.05) is 7.05 Å². The molecular weight excluding hydrogens is 256 g/mol. The standard InChI is InChI=1S/C19H24N2/c1-15-13-19(8-7-18(15)14-20-2)21-11-9-16-5-3-4-6-17(16)10-12-21/h3-8,13,20H,9-12,14H2,1-2H3. The van der Waals surface area contributed by atoms with Crippen LogP contribution in [0.2, 0.25) is 0 Å². The first-order valence-corrected chi connectivity index (χ1v) is 7.84. The van der Waals surface area contributed by atoms with Crippen LogP contribution in [0.15, 0.2) is 42.5 Å². The van der Waals surface area contributed by atoms with Crippen molar-refractivity contribution < 1.29 is 0 Å². The van der Waals surface area contributed by atoms with Crippen molar-refractivity contribution in [2.24, 2.45) is 0 Å². The lowest BCUT2D eigenvalue weighted by Crippen LogP contribution is -2.26. The van der Waals surface area contributed by atoms with Gasteiger partial charge in [-0.25, -0.2) is 0 Å². The van der Waals surface area contributed by atoms with E-state index in [0.29, 0.717) is 0 Å². The molecule has 0 amide bonds. The van der Waals surface area contributed by atoms with Crippen molar-refractivity contribution in [1.82, 2.24) is 5.32 Å². The van der Waals surface area contributed by atoms with Crippen LogP contribution in [0.3, 0.4) is 0 Å². The van der Waals surface area contributed by atoms with E-state index in [2.05, 4.69) is 59.6 Å². The summed E-state index contributed by atoms with van der Waals surface area (Å²) in [6, 6.07) is 15.7. The van der Waals surface area contributed by atoms with E-state index < -0.39 is 0 Å². The zero-order chi connectivity index (χ0) is 14.7. The van der Waals surface area contributed by atoms with Gasteiger partial charge in [0.15, 0.2) is 0 Å². The van der Waals surface area contributed by atoms with Gasteiger partial charge in [-0.15, -0.1) is 0 Å². The molecule has 1 N–H and O–H groups in total. The molecule has 3 rings (SSSR count). The van der Waals surface area contributed by atoms with E-state index >= 15 is 0 Å². The Bertz CT molecular complexity index is 592. The van der Waals surface area contributed by atoms with Crippen LogP contribution in [0.5, 0.6) is 0 Å². The second kappa shape index (κ2) is 6.31. The number of benzene rings is 2. The fraction of sp³-hybridized carbons (Fsp3) is 0.368. The molecule has 21 heavy (non-hydrogen) atoms. The highest BCUT2D eigenvalue weighted by molar-refractivity contribution is 5.52. The van der Waals surface area contributed by atoms with Crippen LogP contribution in [0.4, 0.5) is 5.69 Å². The second-order valence-electron chi connectivity index (χ2n) is 5.90. The average Bonchev–Trinajstić information content (AvgIpc) is 2.72. The fourth-order valence-corrected chi connectivity index (χ4v) is 3.19. The number of fused-ring (bicyclic) bond motifs is 1. The molecule has 1 aliphatic rings. The largest absolute Gasteiger partial charge is 0.371 e. The Morgan fingerprint density at radius 2 is 1.67 bits per heavy atom.